The van der Waals surface area contributed by atoms with E-state index in [1.165, 1.54) is 21.0 Å². The molecule has 2 heterocycles. The van der Waals surface area contributed by atoms with Gasteiger partial charge in [0.05, 0.1) is 13.2 Å². The van der Waals surface area contributed by atoms with Crippen LogP contribution < -0.4 is 10.6 Å². The van der Waals surface area contributed by atoms with E-state index >= 15 is 0 Å². The van der Waals surface area contributed by atoms with Crippen LogP contribution in [0.25, 0.3) is 0 Å². The monoisotopic (exact) mass is 282 g/mol. The summed E-state index contributed by atoms with van der Waals surface area (Å²) in [7, 11) is 1.26. The number of carbonyl (C=O) groups is 2. The predicted octanol–water partition coefficient (Wildman–Crippen LogP) is 0.175. The van der Waals surface area contributed by atoms with Crippen LogP contribution >= 0.6 is 0 Å². The Hall–Kier alpha value is -1.96. The number of hydrogen-bond acceptors (Lipinski definition) is 7. The summed E-state index contributed by atoms with van der Waals surface area (Å²) in [5.74, 6) is -0.824. The molecule has 1 aliphatic heterocycles. The van der Waals surface area contributed by atoms with Gasteiger partial charge in [0.1, 0.15) is 5.54 Å². The molecule has 1 unspecified atom stereocenters. The van der Waals surface area contributed by atoms with Crippen LogP contribution in [0.4, 0.5) is 0 Å². The van der Waals surface area contributed by atoms with Crippen molar-refractivity contribution in [2.75, 3.05) is 13.7 Å². The second-order valence-electron chi connectivity index (χ2n) is 5.18. The predicted molar refractivity (Wildman–Crippen MR) is 67.8 cm³/mol. The molecule has 1 aliphatic rings. The van der Waals surface area contributed by atoms with Crippen LogP contribution in [-0.4, -0.2) is 41.2 Å². The first-order valence-corrected chi connectivity index (χ1v) is 6.42. The Labute approximate surface area is 116 Å². The number of ether oxygens (including phenoxy) is 1. The van der Waals surface area contributed by atoms with E-state index in [4.69, 9.17) is 4.52 Å². The quantitative estimate of drug-likeness (QED) is 0.758. The fraction of sp³-hybridized carbons (Fsp3) is 0.667. The molecule has 20 heavy (non-hydrogen) atoms. The fourth-order valence-electron chi connectivity index (χ4n) is 2.01. The normalized spacial score (nSPS) is 18.9. The van der Waals surface area contributed by atoms with Crippen LogP contribution in [0.15, 0.2) is 4.52 Å². The zero-order chi connectivity index (χ0) is 14.8. The van der Waals surface area contributed by atoms with E-state index in [-0.39, 0.29) is 11.9 Å². The first kappa shape index (κ1) is 14.4. The highest BCUT2D eigenvalue weighted by molar-refractivity contribution is 5.94. The molecule has 1 atom stereocenters. The lowest BCUT2D eigenvalue weighted by molar-refractivity contribution is -0.146. The lowest BCUT2D eigenvalue weighted by Gasteiger charge is -2.21. The average molecular weight is 282 g/mol. The maximum Gasteiger partial charge on any atom is 0.330 e. The Bertz CT molecular complexity index is 505. The maximum absolute atomic E-state index is 12.0. The number of hydrogen-bond donors (Lipinski definition) is 2. The van der Waals surface area contributed by atoms with E-state index in [1.807, 2.05) is 0 Å². The Morgan fingerprint density at radius 3 is 2.85 bits per heavy atom. The summed E-state index contributed by atoms with van der Waals surface area (Å²) in [5, 5.41) is 9.35. The van der Waals surface area contributed by atoms with Gasteiger partial charge in [0.2, 0.25) is 5.89 Å². The molecule has 1 saturated heterocycles. The van der Waals surface area contributed by atoms with E-state index < -0.39 is 17.4 Å². The van der Waals surface area contributed by atoms with Crippen LogP contribution in [0.5, 0.6) is 0 Å². The molecular formula is C12H18N4O4. The summed E-state index contributed by atoms with van der Waals surface area (Å²) in [6.45, 7) is 3.97. The molecule has 110 valence electrons. The van der Waals surface area contributed by atoms with Gasteiger partial charge in [0, 0.05) is 0 Å². The maximum atomic E-state index is 12.0. The highest BCUT2D eigenvalue weighted by Crippen LogP contribution is 2.21. The molecule has 1 fully saturated rings. The van der Waals surface area contributed by atoms with Crippen LogP contribution in [0, 0.1) is 0 Å². The Morgan fingerprint density at radius 2 is 2.25 bits per heavy atom. The summed E-state index contributed by atoms with van der Waals surface area (Å²) in [5.41, 5.74) is -1.15. The van der Waals surface area contributed by atoms with Gasteiger partial charge in [0.15, 0.2) is 0 Å². The van der Waals surface area contributed by atoms with Gasteiger partial charge in [0.25, 0.3) is 11.7 Å². The minimum atomic E-state index is -1.15. The molecule has 0 bridgehead atoms. The Morgan fingerprint density at radius 1 is 1.50 bits per heavy atom. The Kier molecular flexibility index (Phi) is 4.03. The fourth-order valence-corrected chi connectivity index (χ4v) is 2.01. The number of methoxy groups -OCH3 is 1. The van der Waals surface area contributed by atoms with Crippen molar-refractivity contribution in [3.05, 3.63) is 11.7 Å². The number of amides is 1. The summed E-state index contributed by atoms with van der Waals surface area (Å²) < 4.78 is 9.68. The second-order valence-corrected chi connectivity index (χ2v) is 5.18. The van der Waals surface area contributed by atoms with E-state index in [0.29, 0.717) is 5.89 Å². The van der Waals surface area contributed by atoms with E-state index in [9.17, 15) is 9.59 Å². The number of nitrogens with one attached hydrogen (secondary N) is 2. The van der Waals surface area contributed by atoms with Crippen molar-refractivity contribution < 1.29 is 18.8 Å². The van der Waals surface area contributed by atoms with Gasteiger partial charge in [-0.25, -0.2) is 4.79 Å². The van der Waals surface area contributed by atoms with Gasteiger partial charge >= 0.3 is 5.97 Å². The van der Waals surface area contributed by atoms with Crippen LogP contribution in [-0.2, 0) is 9.53 Å². The lowest BCUT2D eigenvalue weighted by atomic mass is 10.1. The van der Waals surface area contributed by atoms with Gasteiger partial charge in [-0.2, -0.15) is 4.98 Å². The van der Waals surface area contributed by atoms with Crippen molar-refractivity contribution >= 4 is 11.9 Å². The van der Waals surface area contributed by atoms with Gasteiger partial charge in [-0.05, 0) is 33.2 Å². The number of esters is 1. The Balaban J connectivity index is 2.04. The van der Waals surface area contributed by atoms with E-state index in [2.05, 4.69) is 25.5 Å². The van der Waals surface area contributed by atoms with Crippen molar-refractivity contribution in [2.24, 2.45) is 0 Å². The highest BCUT2D eigenvalue weighted by atomic mass is 16.5. The number of rotatable bonds is 4. The lowest BCUT2D eigenvalue weighted by Crippen LogP contribution is -2.50. The molecule has 0 saturated carbocycles. The van der Waals surface area contributed by atoms with Gasteiger partial charge in [-0.15, -0.1) is 0 Å². The topological polar surface area (TPSA) is 106 Å². The molecular weight excluding hydrogens is 264 g/mol. The first-order valence-electron chi connectivity index (χ1n) is 6.42. The molecule has 1 amide bonds. The minimum Gasteiger partial charge on any atom is -0.467 e. The van der Waals surface area contributed by atoms with Gasteiger partial charge in [-0.1, -0.05) is 5.16 Å². The molecule has 2 rings (SSSR count). The largest absolute Gasteiger partial charge is 0.467 e. The number of aromatic nitrogens is 2. The molecule has 1 aromatic rings. The van der Waals surface area contributed by atoms with Crippen molar-refractivity contribution in [1.29, 1.82) is 0 Å². The van der Waals surface area contributed by atoms with Crippen molar-refractivity contribution in [3.8, 4) is 0 Å². The van der Waals surface area contributed by atoms with Crippen molar-refractivity contribution in [1.82, 2.24) is 20.8 Å². The van der Waals surface area contributed by atoms with E-state index in [0.717, 1.165) is 19.4 Å². The average Bonchev–Trinajstić information content (AvgIpc) is 3.07. The molecule has 0 spiro atoms. The van der Waals surface area contributed by atoms with Gasteiger partial charge in [-0.3, -0.25) is 4.79 Å². The summed E-state index contributed by atoms with van der Waals surface area (Å²) in [4.78, 5) is 27.5. The van der Waals surface area contributed by atoms with Gasteiger partial charge < -0.3 is 19.9 Å². The molecule has 0 radical (unpaired) electrons. The van der Waals surface area contributed by atoms with Crippen molar-refractivity contribution in [3.63, 3.8) is 0 Å². The minimum absolute atomic E-state index is 0.00216. The molecule has 0 aromatic carbocycles. The second kappa shape index (κ2) is 5.58. The third kappa shape index (κ3) is 2.96. The third-order valence-corrected chi connectivity index (χ3v) is 3.12. The summed E-state index contributed by atoms with van der Waals surface area (Å²) >= 11 is 0. The van der Waals surface area contributed by atoms with Crippen LogP contribution in [0.1, 0.15) is 49.2 Å². The zero-order valence-electron chi connectivity index (χ0n) is 11.7. The number of carbonyl (C=O) groups excluding carboxylic acids is 2. The SMILES string of the molecule is COC(=O)C(C)(C)NC(=O)c1noc(C2CCCN2)n1. The van der Waals surface area contributed by atoms with E-state index in [1.54, 1.807) is 0 Å². The standard InChI is InChI=1S/C12H18N4O4/c1-12(2,11(18)19-3)15-9(17)8-14-10(20-16-8)7-5-4-6-13-7/h7,13H,4-6H2,1-3H3,(H,15,17). The zero-order valence-corrected chi connectivity index (χ0v) is 11.7. The summed E-state index contributed by atoms with van der Waals surface area (Å²) in [6.07, 6.45) is 1.93. The highest BCUT2D eigenvalue weighted by Gasteiger charge is 2.33. The summed E-state index contributed by atoms with van der Waals surface area (Å²) in [6, 6.07) is -0.00216. The molecule has 8 nitrogen and oxygen atoms in total. The van der Waals surface area contributed by atoms with Crippen LogP contribution in [0.3, 0.4) is 0 Å². The molecule has 1 aromatic heterocycles. The molecule has 2 N–H and O–H groups in total. The molecule has 0 aliphatic carbocycles. The third-order valence-electron chi connectivity index (χ3n) is 3.12. The smallest absolute Gasteiger partial charge is 0.330 e. The van der Waals surface area contributed by atoms with Crippen molar-refractivity contribution in [2.45, 2.75) is 38.3 Å². The molecule has 8 heteroatoms. The first-order chi connectivity index (χ1) is 9.44. The number of nitrogens with zero attached hydrogens (tertiary/aromatic N) is 2. The van der Waals surface area contributed by atoms with Crippen LogP contribution in [0.2, 0.25) is 0 Å².